The van der Waals surface area contributed by atoms with Gasteiger partial charge in [-0.3, -0.25) is 0 Å². The summed E-state index contributed by atoms with van der Waals surface area (Å²) in [7, 11) is 0. The summed E-state index contributed by atoms with van der Waals surface area (Å²) in [6, 6.07) is 10.7. The van der Waals surface area contributed by atoms with E-state index in [0.717, 1.165) is 21.5 Å². The third kappa shape index (κ3) is 3.32. The Kier molecular flexibility index (Phi) is 4.59. The van der Waals surface area contributed by atoms with Crippen LogP contribution in [0.2, 0.25) is 0 Å². The molecule has 1 heterocycles. The number of hydrogen-bond donors (Lipinski definition) is 0. The van der Waals surface area contributed by atoms with E-state index in [1.165, 1.54) is 0 Å². The quantitative estimate of drug-likeness (QED) is 0.685. The topological polar surface area (TPSA) is 23.8 Å². The average Bonchev–Trinajstić information content (AvgIpc) is 2.38. The van der Waals surface area contributed by atoms with Crippen molar-refractivity contribution < 1.29 is 0 Å². The number of nitrogens with zero attached hydrogens (tertiary/aromatic N) is 1. The zero-order valence-electron chi connectivity index (χ0n) is 11.4. The third-order valence-electron chi connectivity index (χ3n) is 3.57. The maximum absolute atomic E-state index is 9.65. The van der Waals surface area contributed by atoms with Crippen LogP contribution < -0.4 is 0 Å². The maximum Gasteiger partial charge on any atom is 0.173 e. The van der Waals surface area contributed by atoms with Gasteiger partial charge in [0.25, 0.3) is 0 Å². The number of thioether (sulfide) groups is 2. The Labute approximate surface area is 132 Å². The minimum Gasteiger partial charge on any atom is -0.195 e. The van der Waals surface area contributed by atoms with Gasteiger partial charge in [0, 0.05) is 16.0 Å². The lowest BCUT2D eigenvalue weighted by Crippen LogP contribution is -2.33. The van der Waals surface area contributed by atoms with Gasteiger partial charge < -0.3 is 0 Å². The molecule has 1 aliphatic rings. The van der Waals surface area contributed by atoms with Crippen LogP contribution in [-0.4, -0.2) is 11.5 Å². The summed E-state index contributed by atoms with van der Waals surface area (Å²) < 4.78 is 0.630. The van der Waals surface area contributed by atoms with Crippen molar-refractivity contribution in [1.29, 1.82) is 5.26 Å². The summed E-state index contributed by atoms with van der Waals surface area (Å²) in [5, 5.41) is 9.65. The normalized spacial score (nSPS) is 27.8. The molecule has 1 aromatic carbocycles. The van der Waals surface area contributed by atoms with Crippen LogP contribution in [0.15, 0.2) is 28.7 Å². The first kappa shape index (κ1) is 15.3. The molecule has 4 heteroatoms. The van der Waals surface area contributed by atoms with Gasteiger partial charge in [0.15, 0.2) is 4.08 Å². The highest BCUT2D eigenvalue weighted by atomic mass is 79.9. The second-order valence-corrected chi connectivity index (χ2v) is 9.56. The lowest BCUT2D eigenvalue weighted by Gasteiger charge is -2.39. The van der Waals surface area contributed by atoms with E-state index in [0.29, 0.717) is 11.3 Å². The standard InChI is InChI=1S/C15H18BrNS2/c1-14(2,3)12-8-18-15(10-17,19-9-12)11-4-6-13(16)7-5-11/h4-7,12H,8-9H2,1-3H3. The SMILES string of the molecule is CC(C)(C)C1CSC(C#N)(c2ccc(Br)cc2)SC1. The molecular formula is C15H18BrNS2. The lowest BCUT2D eigenvalue weighted by molar-refractivity contribution is 0.292. The van der Waals surface area contributed by atoms with Gasteiger partial charge in [-0.05, 0) is 29.0 Å². The van der Waals surface area contributed by atoms with Crippen LogP contribution in [0.1, 0.15) is 26.3 Å². The minimum absolute atomic E-state index is 0.321. The molecule has 0 N–H and O–H groups in total. The van der Waals surface area contributed by atoms with Crippen molar-refractivity contribution in [1.82, 2.24) is 0 Å². The fraction of sp³-hybridized carbons (Fsp3) is 0.533. The Morgan fingerprint density at radius 2 is 1.74 bits per heavy atom. The van der Waals surface area contributed by atoms with Gasteiger partial charge in [-0.1, -0.05) is 48.8 Å². The lowest BCUT2D eigenvalue weighted by atomic mass is 9.83. The molecule has 1 saturated heterocycles. The predicted octanol–water partition coefficient (Wildman–Crippen LogP) is 5.27. The van der Waals surface area contributed by atoms with E-state index >= 15 is 0 Å². The zero-order valence-corrected chi connectivity index (χ0v) is 14.7. The molecule has 102 valence electrons. The van der Waals surface area contributed by atoms with Crippen LogP contribution in [-0.2, 0) is 4.08 Å². The molecule has 19 heavy (non-hydrogen) atoms. The Bertz CT molecular complexity index is 476. The van der Waals surface area contributed by atoms with E-state index in [1.807, 2.05) is 12.1 Å². The van der Waals surface area contributed by atoms with Crippen molar-refractivity contribution in [3.05, 3.63) is 34.3 Å². The molecule has 1 nitrogen and oxygen atoms in total. The first-order valence-corrected chi connectivity index (χ1v) is 9.09. The molecule has 2 rings (SSSR count). The second kappa shape index (κ2) is 5.71. The molecule has 0 aliphatic carbocycles. The highest BCUT2D eigenvalue weighted by Gasteiger charge is 2.41. The van der Waals surface area contributed by atoms with Crippen molar-refractivity contribution in [2.24, 2.45) is 11.3 Å². The highest BCUT2D eigenvalue weighted by molar-refractivity contribution is 9.10. The van der Waals surface area contributed by atoms with Gasteiger partial charge in [0.1, 0.15) is 0 Å². The number of rotatable bonds is 1. The Hall–Kier alpha value is -0.110. The number of hydrogen-bond acceptors (Lipinski definition) is 3. The number of nitriles is 1. The summed E-state index contributed by atoms with van der Waals surface area (Å²) in [4.78, 5) is 0. The second-order valence-electron chi connectivity index (χ2n) is 5.92. The van der Waals surface area contributed by atoms with Crippen LogP contribution in [0.3, 0.4) is 0 Å². The molecule has 0 amide bonds. The predicted molar refractivity (Wildman–Crippen MR) is 89.3 cm³/mol. The molecule has 0 saturated carbocycles. The molecule has 0 bridgehead atoms. The smallest absolute Gasteiger partial charge is 0.173 e. The Balaban J connectivity index is 2.19. The molecule has 0 radical (unpaired) electrons. The molecular weight excluding hydrogens is 338 g/mol. The van der Waals surface area contributed by atoms with Crippen molar-refractivity contribution in [2.75, 3.05) is 11.5 Å². The van der Waals surface area contributed by atoms with Crippen molar-refractivity contribution >= 4 is 39.5 Å². The fourth-order valence-electron chi connectivity index (χ4n) is 1.99. The van der Waals surface area contributed by atoms with Crippen LogP contribution >= 0.6 is 39.5 Å². The van der Waals surface area contributed by atoms with Gasteiger partial charge in [0.2, 0.25) is 0 Å². The van der Waals surface area contributed by atoms with E-state index in [9.17, 15) is 5.26 Å². The first-order chi connectivity index (χ1) is 8.87. The van der Waals surface area contributed by atoms with E-state index in [4.69, 9.17) is 0 Å². The van der Waals surface area contributed by atoms with Gasteiger partial charge in [-0.25, -0.2) is 0 Å². The first-order valence-electron chi connectivity index (χ1n) is 6.32. The van der Waals surface area contributed by atoms with Gasteiger partial charge in [-0.2, -0.15) is 5.26 Å². The Morgan fingerprint density at radius 3 is 2.16 bits per heavy atom. The average molecular weight is 356 g/mol. The molecule has 0 spiro atoms. The van der Waals surface area contributed by atoms with Gasteiger partial charge in [-0.15, -0.1) is 23.5 Å². The van der Waals surface area contributed by atoms with Crippen LogP contribution in [0.25, 0.3) is 0 Å². The van der Waals surface area contributed by atoms with Crippen molar-refractivity contribution in [2.45, 2.75) is 24.9 Å². The third-order valence-corrected chi connectivity index (χ3v) is 7.41. The molecule has 0 unspecified atom stereocenters. The maximum atomic E-state index is 9.65. The molecule has 1 aromatic rings. The highest BCUT2D eigenvalue weighted by Crippen LogP contribution is 2.53. The largest absolute Gasteiger partial charge is 0.195 e. The summed E-state index contributed by atoms with van der Waals surface area (Å²) in [5.74, 6) is 2.78. The molecule has 1 aliphatic heterocycles. The summed E-state index contributed by atoms with van der Waals surface area (Å²) in [6.07, 6.45) is 0. The van der Waals surface area contributed by atoms with E-state index < -0.39 is 4.08 Å². The zero-order chi connectivity index (χ0) is 14.1. The monoisotopic (exact) mass is 355 g/mol. The number of halogens is 1. The summed E-state index contributed by atoms with van der Waals surface area (Å²) >= 11 is 7.03. The molecule has 0 atom stereocenters. The van der Waals surface area contributed by atoms with Crippen LogP contribution in [0.4, 0.5) is 0 Å². The van der Waals surface area contributed by atoms with Gasteiger partial charge >= 0.3 is 0 Å². The Morgan fingerprint density at radius 1 is 1.21 bits per heavy atom. The molecule has 0 aromatic heterocycles. The molecule has 1 fully saturated rings. The summed E-state index contributed by atoms with van der Waals surface area (Å²) in [5.41, 5.74) is 1.43. The van der Waals surface area contributed by atoms with Crippen LogP contribution in [0.5, 0.6) is 0 Å². The van der Waals surface area contributed by atoms with Crippen molar-refractivity contribution in [3.63, 3.8) is 0 Å². The van der Waals surface area contributed by atoms with E-state index in [2.05, 4.69) is 54.9 Å². The van der Waals surface area contributed by atoms with Crippen LogP contribution in [0, 0.1) is 22.7 Å². The minimum atomic E-state index is -0.428. The summed E-state index contributed by atoms with van der Waals surface area (Å²) in [6.45, 7) is 6.87. The number of benzene rings is 1. The van der Waals surface area contributed by atoms with Gasteiger partial charge in [0.05, 0.1) is 6.07 Å². The fourth-order valence-corrected chi connectivity index (χ4v) is 5.99. The van der Waals surface area contributed by atoms with E-state index in [-0.39, 0.29) is 0 Å². The van der Waals surface area contributed by atoms with Crippen molar-refractivity contribution in [3.8, 4) is 6.07 Å². The van der Waals surface area contributed by atoms with E-state index in [1.54, 1.807) is 23.5 Å².